The van der Waals surface area contributed by atoms with Gasteiger partial charge >= 0.3 is 0 Å². The van der Waals surface area contributed by atoms with E-state index in [1.165, 1.54) is 11.8 Å². The smallest absolute Gasteiger partial charge is 0.230 e. The number of Topliss-reactive ketones (excluding diaryl/α,β-unsaturated/α-hetero) is 1. The van der Waals surface area contributed by atoms with Gasteiger partial charge in [0.2, 0.25) is 5.91 Å². The summed E-state index contributed by atoms with van der Waals surface area (Å²) in [5.41, 5.74) is 2.90. The highest BCUT2D eigenvalue weighted by molar-refractivity contribution is 8.00. The Morgan fingerprint density at radius 2 is 1.52 bits per heavy atom. The standard InChI is InChI=1S/C19H21NO2S/c1-14(2)20-19(22)13-23-12-18(21)17-10-8-16(9-11-17)15-6-4-3-5-7-15/h3-11,14H,12-13H2,1-2H3,(H,20,22). The number of ketones is 1. The van der Waals surface area contributed by atoms with Crippen molar-refractivity contribution in [3.8, 4) is 11.1 Å². The first-order valence-corrected chi connectivity index (χ1v) is 8.77. The van der Waals surface area contributed by atoms with Gasteiger partial charge in [0, 0.05) is 11.6 Å². The second-order valence-electron chi connectivity index (χ2n) is 5.58. The zero-order valence-electron chi connectivity index (χ0n) is 13.4. The molecule has 0 aromatic heterocycles. The molecule has 4 heteroatoms. The molecule has 23 heavy (non-hydrogen) atoms. The summed E-state index contributed by atoms with van der Waals surface area (Å²) >= 11 is 1.35. The molecule has 0 spiro atoms. The molecule has 0 fully saturated rings. The Morgan fingerprint density at radius 1 is 0.913 bits per heavy atom. The van der Waals surface area contributed by atoms with Gasteiger partial charge in [-0.25, -0.2) is 0 Å². The van der Waals surface area contributed by atoms with E-state index in [0.717, 1.165) is 11.1 Å². The summed E-state index contributed by atoms with van der Waals surface area (Å²) in [4.78, 5) is 23.7. The van der Waals surface area contributed by atoms with Gasteiger partial charge in [-0.2, -0.15) is 0 Å². The molecule has 0 bridgehead atoms. The zero-order valence-corrected chi connectivity index (χ0v) is 14.2. The third-order valence-electron chi connectivity index (χ3n) is 3.23. The maximum absolute atomic E-state index is 12.1. The number of benzene rings is 2. The minimum Gasteiger partial charge on any atom is -0.353 e. The molecule has 0 unspecified atom stereocenters. The number of rotatable bonds is 7. The van der Waals surface area contributed by atoms with Crippen molar-refractivity contribution in [2.24, 2.45) is 0 Å². The van der Waals surface area contributed by atoms with Gasteiger partial charge in [0.15, 0.2) is 5.78 Å². The Labute approximate surface area is 141 Å². The topological polar surface area (TPSA) is 46.2 Å². The van der Waals surface area contributed by atoms with Crippen molar-refractivity contribution in [2.45, 2.75) is 19.9 Å². The molecule has 0 aliphatic heterocycles. The lowest BCUT2D eigenvalue weighted by atomic mass is 10.0. The number of carbonyl (C=O) groups excluding carboxylic acids is 2. The van der Waals surface area contributed by atoms with E-state index < -0.39 is 0 Å². The summed E-state index contributed by atoms with van der Waals surface area (Å²) in [7, 11) is 0. The van der Waals surface area contributed by atoms with Crippen molar-refractivity contribution in [2.75, 3.05) is 11.5 Å². The van der Waals surface area contributed by atoms with E-state index in [0.29, 0.717) is 17.1 Å². The van der Waals surface area contributed by atoms with Gasteiger partial charge in [0.05, 0.1) is 11.5 Å². The minimum absolute atomic E-state index is 0.0303. The van der Waals surface area contributed by atoms with Crippen LogP contribution in [0.1, 0.15) is 24.2 Å². The third-order valence-corrected chi connectivity index (χ3v) is 4.16. The number of thioether (sulfide) groups is 1. The average Bonchev–Trinajstić information content (AvgIpc) is 2.55. The van der Waals surface area contributed by atoms with Crippen LogP contribution in [0.3, 0.4) is 0 Å². The number of nitrogens with one attached hydrogen (secondary N) is 1. The number of carbonyl (C=O) groups is 2. The van der Waals surface area contributed by atoms with Crippen LogP contribution < -0.4 is 5.32 Å². The van der Waals surface area contributed by atoms with Crippen LogP contribution in [0.25, 0.3) is 11.1 Å². The highest BCUT2D eigenvalue weighted by Crippen LogP contribution is 2.19. The highest BCUT2D eigenvalue weighted by atomic mass is 32.2. The molecular formula is C19H21NO2S. The van der Waals surface area contributed by atoms with Crippen LogP contribution in [0, 0.1) is 0 Å². The molecule has 0 radical (unpaired) electrons. The van der Waals surface area contributed by atoms with Gasteiger partial charge in [-0.05, 0) is 25.0 Å². The fourth-order valence-corrected chi connectivity index (χ4v) is 2.89. The Bertz CT molecular complexity index is 651. The van der Waals surface area contributed by atoms with E-state index in [-0.39, 0.29) is 17.7 Å². The number of amides is 1. The van der Waals surface area contributed by atoms with Crippen molar-refractivity contribution in [3.63, 3.8) is 0 Å². The van der Waals surface area contributed by atoms with Crippen LogP contribution in [0.2, 0.25) is 0 Å². The van der Waals surface area contributed by atoms with Gasteiger partial charge < -0.3 is 5.32 Å². The summed E-state index contributed by atoms with van der Waals surface area (Å²) in [6.07, 6.45) is 0. The Kier molecular flexibility index (Phi) is 6.41. The molecule has 2 aromatic carbocycles. The maximum Gasteiger partial charge on any atom is 0.230 e. The van der Waals surface area contributed by atoms with Crippen molar-refractivity contribution in [1.29, 1.82) is 0 Å². The van der Waals surface area contributed by atoms with Crippen LogP contribution in [0.4, 0.5) is 0 Å². The quantitative estimate of drug-likeness (QED) is 0.787. The molecule has 2 rings (SSSR count). The van der Waals surface area contributed by atoms with Crippen LogP contribution in [0.15, 0.2) is 54.6 Å². The zero-order chi connectivity index (χ0) is 16.7. The molecule has 0 saturated carbocycles. The molecule has 2 aromatic rings. The lowest BCUT2D eigenvalue weighted by molar-refractivity contribution is -0.119. The highest BCUT2D eigenvalue weighted by Gasteiger charge is 2.09. The largest absolute Gasteiger partial charge is 0.353 e. The fraction of sp³-hybridized carbons (Fsp3) is 0.263. The molecule has 1 amide bonds. The van der Waals surface area contributed by atoms with Gasteiger partial charge in [-0.1, -0.05) is 54.6 Å². The molecule has 0 heterocycles. The first kappa shape index (κ1) is 17.3. The van der Waals surface area contributed by atoms with Crippen molar-refractivity contribution >= 4 is 23.5 Å². The molecule has 120 valence electrons. The third kappa shape index (κ3) is 5.57. The van der Waals surface area contributed by atoms with Crippen molar-refractivity contribution in [3.05, 3.63) is 60.2 Å². The molecular weight excluding hydrogens is 306 g/mol. The van der Waals surface area contributed by atoms with Crippen LogP contribution >= 0.6 is 11.8 Å². The first-order chi connectivity index (χ1) is 11.1. The van der Waals surface area contributed by atoms with Crippen molar-refractivity contribution in [1.82, 2.24) is 5.32 Å². The van der Waals surface area contributed by atoms with Gasteiger partial charge in [0.1, 0.15) is 0 Å². The SMILES string of the molecule is CC(C)NC(=O)CSCC(=O)c1ccc(-c2ccccc2)cc1. The molecule has 0 saturated heterocycles. The van der Waals surface area contributed by atoms with E-state index in [1.54, 1.807) is 0 Å². The summed E-state index contributed by atoms with van der Waals surface area (Å²) in [5, 5.41) is 2.81. The minimum atomic E-state index is -0.0303. The predicted molar refractivity (Wildman–Crippen MR) is 96.8 cm³/mol. The van der Waals surface area contributed by atoms with E-state index in [1.807, 2.05) is 68.4 Å². The lowest BCUT2D eigenvalue weighted by Crippen LogP contribution is -2.31. The normalized spacial score (nSPS) is 10.6. The lowest BCUT2D eigenvalue weighted by Gasteiger charge is -2.08. The summed E-state index contributed by atoms with van der Waals surface area (Å²) in [6, 6.07) is 17.8. The molecule has 1 N–H and O–H groups in total. The number of hydrogen-bond donors (Lipinski definition) is 1. The summed E-state index contributed by atoms with van der Waals surface area (Å²) < 4.78 is 0. The van der Waals surface area contributed by atoms with E-state index in [4.69, 9.17) is 0 Å². The summed E-state index contributed by atoms with van der Waals surface area (Å²) in [6.45, 7) is 3.84. The Balaban J connectivity index is 1.87. The van der Waals surface area contributed by atoms with Crippen LogP contribution in [0.5, 0.6) is 0 Å². The number of hydrogen-bond acceptors (Lipinski definition) is 3. The second kappa shape index (κ2) is 8.53. The van der Waals surface area contributed by atoms with Gasteiger partial charge in [0.25, 0.3) is 0 Å². The van der Waals surface area contributed by atoms with Crippen LogP contribution in [-0.2, 0) is 4.79 Å². The van der Waals surface area contributed by atoms with Gasteiger partial charge in [-0.15, -0.1) is 11.8 Å². The van der Waals surface area contributed by atoms with E-state index in [9.17, 15) is 9.59 Å². The summed E-state index contributed by atoms with van der Waals surface area (Å²) in [5.74, 6) is 0.645. The molecule has 3 nitrogen and oxygen atoms in total. The predicted octanol–water partition coefficient (Wildman–Crippen LogP) is 3.79. The van der Waals surface area contributed by atoms with E-state index >= 15 is 0 Å². The second-order valence-corrected chi connectivity index (χ2v) is 6.57. The maximum atomic E-state index is 12.1. The van der Waals surface area contributed by atoms with Gasteiger partial charge in [-0.3, -0.25) is 9.59 Å². The fourth-order valence-electron chi connectivity index (χ4n) is 2.16. The molecule has 0 atom stereocenters. The Morgan fingerprint density at radius 3 is 2.13 bits per heavy atom. The first-order valence-electron chi connectivity index (χ1n) is 7.62. The van der Waals surface area contributed by atoms with Crippen molar-refractivity contribution < 1.29 is 9.59 Å². The van der Waals surface area contributed by atoms with E-state index in [2.05, 4.69) is 5.32 Å². The Hall–Kier alpha value is -2.07. The average molecular weight is 327 g/mol. The van der Waals surface area contributed by atoms with Crippen LogP contribution in [-0.4, -0.2) is 29.2 Å². The molecule has 0 aliphatic rings. The molecule has 0 aliphatic carbocycles. The monoisotopic (exact) mass is 327 g/mol.